The zero-order valence-electron chi connectivity index (χ0n) is 15.6. The summed E-state index contributed by atoms with van der Waals surface area (Å²) in [6, 6.07) is 20.6. The summed E-state index contributed by atoms with van der Waals surface area (Å²) in [7, 11) is 0. The Labute approximate surface area is 161 Å². The Kier molecular flexibility index (Phi) is 7.00. The summed E-state index contributed by atoms with van der Waals surface area (Å²) in [6.45, 7) is 1.58. The average molecular weight is 361 g/mol. The predicted octanol–water partition coefficient (Wildman–Crippen LogP) is 4.55. The Morgan fingerprint density at radius 1 is 0.889 bits per heavy atom. The number of amides is 1. The third-order valence-corrected chi connectivity index (χ3v) is 5.02. The molecule has 1 unspecified atom stereocenters. The van der Waals surface area contributed by atoms with E-state index in [4.69, 9.17) is 0 Å². The number of hydrogen-bond acceptors (Lipinski definition) is 2. The van der Waals surface area contributed by atoms with Crippen LogP contribution in [0.2, 0.25) is 0 Å². The molecule has 1 amide bonds. The second-order valence-electron chi connectivity index (χ2n) is 6.96. The minimum atomic E-state index is -0.232. The molecule has 0 bridgehead atoms. The summed E-state index contributed by atoms with van der Waals surface area (Å²) in [5, 5.41) is 9.46. The highest BCUT2D eigenvalue weighted by Crippen LogP contribution is 2.26. The lowest BCUT2D eigenvalue weighted by Gasteiger charge is -2.22. The molecule has 0 spiro atoms. The lowest BCUT2D eigenvalue weighted by Crippen LogP contribution is -2.26. The monoisotopic (exact) mass is 361 g/mol. The third-order valence-electron chi connectivity index (χ3n) is 5.02. The molecule has 1 aliphatic heterocycles. The second kappa shape index (κ2) is 9.89. The quantitative estimate of drug-likeness (QED) is 0.815. The lowest BCUT2D eigenvalue weighted by molar-refractivity contribution is -0.117. The van der Waals surface area contributed by atoms with Crippen molar-refractivity contribution in [1.82, 2.24) is 4.90 Å². The molecule has 4 rings (SSSR count). The van der Waals surface area contributed by atoms with Gasteiger partial charge in [-0.3, -0.25) is 4.79 Å². The van der Waals surface area contributed by atoms with E-state index in [-0.39, 0.29) is 6.10 Å². The van der Waals surface area contributed by atoms with Crippen LogP contribution in [0.4, 0.5) is 0 Å². The first-order valence-electron chi connectivity index (χ1n) is 9.64. The molecule has 1 aliphatic carbocycles. The molecule has 3 heteroatoms. The van der Waals surface area contributed by atoms with Crippen molar-refractivity contribution in [3.8, 4) is 0 Å². The van der Waals surface area contributed by atoms with Crippen LogP contribution in [0.15, 0.2) is 72.8 Å². The van der Waals surface area contributed by atoms with E-state index < -0.39 is 0 Å². The molecule has 0 fully saturated rings. The van der Waals surface area contributed by atoms with Gasteiger partial charge in [-0.15, -0.1) is 0 Å². The SMILES string of the molecule is O=CN1CC=C(c2ccccc2)CC1.OC1C=C(c2ccccc2)CCC1. The fraction of sp³-hybridized carbons (Fsp3) is 0.292. The molecular weight excluding hydrogens is 334 g/mol. The van der Waals surface area contributed by atoms with Gasteiger partial charge in [-0.05, 0) is 48.0 Å². The van der Waals surface area contributed by atoms with Gasteiger partial charge in [-0.25, -0.2) is 0 Å². The molecule has 1 heterocycles. The van der Waals surface area contributed by atoms with Crippen molar-refractivity contribution in [2.24, 2.45) is 0 Å². The number of nitrogens with zero attached hydrogens (tertiary/aromatic N) is 1. The van der Waals surface area contributed by atoms with E-state index in [1.807, 2.05) is 42.5 Å². The topological polar surface area (TPSA) is 40.5 Å². The van der Waals surface area contributed by atoms with Crippen LogP contribution in [0.25, 0.3) is 11.1 Å². The maximum atomic E-state index is 10.5. The number of carbonyl (C=O) groups is 1. The standard InChI is InChI=1S/C12H13NO.C12H14O/c14-10-13-8-6-12(7-9-13)11-4-2-1-3-5-11;13-12-8-4-7-11(9-12)10-5-2-1-3-6-10/h1-6,10H,7-9H2;1-3,5-6,9,12-13H,4,7-8H2. The van der Waals surface area contributed by atoms with Crippen LogP contribution in [-0.2, 0) is 4.79 Å². The normalized spacial score (nSPS) is 19.3. The van der Waals surface area contributed by atoms with Crippen molar-refractivity contribution in [1.29, 1.82) is 0 Å². The highest BCUT2D eigenvalue weighted by Gasteiger charge is 2.11. The van der Waals surface area contributed by atoms with Crippen molar-refractivity contribution in [3.05, 3.63) is 83.9 Å². The van der Waals surface area contributed by atoms with Gasteiger partial charge in [0, 0.05) is 13.1 Å². The number of benzene rings is 2. The molecule has 2 aliphatic rings. The molecule has 1 N–H and O–H groups in total. The molecule has 2 aromatic carbocycles. The van der Waals surface area contributed by atoms with Gasteiger partial charge in [-0.1, -0.05) is 72.8 Å². The highest BCUT2D eigenvalue weighted by molar-refractivity contribution is 5.68. The first-order valence-corrected chi connectivity index (χ1v) is 9.64. The van der Waals surface area contributed by atoms with Crippen LogP contribution in [0.1, 0.15) is 36.8 Å². The fourth-order valence-electron chi connectivity index (χ4n) is 3.49. The van der Waals surface area contributed by atoms with E-state index in [1.165, 1.54) is 22.3 Å². The van der Waals surface area contributed by atoms with E-state index in [2.05, 4.69) is 30.3 Å². The first kappa shape index (κ1) is 19.1. The minimum absolute atomic E-state index is 0.232. The largest absolute Gasteiger partial charge is 0.389 e. The first-order chi connectivity index (χ1) is 13.3. The summed E-state index contributed by atoms with van der Waals surface area (Å²) >= 11 is 0. The van der Waals surface area contributed by atoms with Crippen LogP contribution in [-0.4, -0.2) is 35.6 Å². The average Bonchev–Trinajstić information content (AvgIpc) is 2.75. The molecule has 0 saturated heterocycles. The zero-order valence-corrected chi connectivity index (χ0v) is 15.6. The predicted molar refractivity (Wildman–Crippen MR) is 111 cm³/mol. The number of hydrogen-bond donors (Lipinski definition) is 1. The van der Waals surface area contributed by atoms with Crippen LogP contribution in [0.5, 0.6) is 0 Å². The van der Waals surface area contributed by atoms with Crippen molar-refractivity contribution < 1.29 is 9.90 Å². The van der Waals surface area contributed by atoms with E-state index >= 15 is 0 Å². The van der Waals surface area contributed by atoms with Gasteiger partial charge in [0.25, 0.3) is 0 Å². The summed E-state index contributed by atoms with van der Waals surface area (Å²) in [5.74, 6) is 0. The van der Waals surface area contributed by atoms with Crippen LogP contribution in [0.3, 0.4) is 0 Å². The fourth-order valence-corrected chi connectivity index (χ4v) is 3.49. The minimum Gasteiger partial charge on any atom is -0.389 e. The van der Waals surface area contributed by atoms with Crippen molar-refractivity contribution >= 4 is 17.6 Å². The number of rotatable bonds is 3. The van der Waals surface area contributed by atoms with Crippen molar-refractivity contribution in [3.63, 3.8) is 0 Å². The number of aliphatic hydroxyl groups excluding tert-OH is 1. The molecule has 0 saturated carbocycles. The zero-order chi connectivity index (χ0) is 18.9. The molecule has 0 radical (unpaired) electrons. The van der Waals surface area contributed by atoms with Crippen LogP contribution < -0.4 is 0 Å². The molecule has 2 aromatic rings. The molecule has 3 nitrogen and oxygen atoms in total. The van der Waals surface area contributed by atoms with E-state index in [1.54, 1.807) is 4.90 Å². The van der Waals surface area contributed by atoms with Gasteiger partial charge < -0.3 is 10.0 Å². The van der Waals surface area contributed by atoms with E-state index in [0.717, 1.165) is 45.2 Å². The molecule has 1 atom stereocenters. The van der Waals surface area contributed by atoms with E-state index in [9.17, 15) is 9.90 Å². The smallest absolute Gasteiger partial charge is 0.209 e. The molecular formula is C24H27NO2. The Morgan fingerprint density at radius 3 is 2.04 bits per heavy atom. The molecule has 27 heavy (non-hydrogen) atoms. The summed E-state index contributed by atoms with van der Waals surface area (Å²) in [5.41, 5.74) is 5.17. The maximum absolute atomic E-state index is 10.5. The number of aliphatic hydroxyl groups is 1. The van der Waals surface area contributed by atoms with Crippen LogP contribution >= 0.6 is 0 Å². The van der Waals surface area contributed by atoms with Gasteiger partial charge in [-0.2, -0.15) is 0 Å². The van der Waals surface area contributed by atoms with E-state index in [0.29, 0.717) is 0 Å². The van der Waals surface area contributed by atoms with Gasteiger partial charge in [0.1, 0.15) is 0 Å². The number of carbonyl (C=O) groups excluding carboxylic acids is 1. The van der Waals surface area contributed by atoms with Gasteiger partial charge in [0.2, 0.25) is 6.41 Å². The lowest BCUT2D eigenvalue weighted by atomic mass is 9.92. The summed E-state index contributed by atoms with van der Waals surface area (Å²) in [4.78, 5) is 12.3. The Balaban J connectivity index is 0.000000156. The maximum Gasteiger partial charge on any atom is 0.209 e. The summed E-state index contributed by atoms with van der Waals surface area (Å²) in [6.07, 6.45) is 8.87. The Bertz CT molecular complexity index is 781. The second-order valence-corrected chi connectivity index (χ2v) is 6.96. The van der Waals surface area contributed by atoms with Gasteiger partial charge >= 0.3 is 0 Å². The van der Waals surface area contributed by atoms with Crippen molar-refractivity contribution in [2.75, 3.05) is 13.1 Å². The summed E-state index contributed by atoms with van der Waals surface area (Å²) < 4.78 is 0. The molecule has 140 valence electrons. The Morgan fingerprint density at radius 2 is 1.52 bits per heavy atom. The Hall–Kier alpha value is -2.65. The van der Waals surface area contributed by atoms with Crippen LogP contribution in [0, 0.1) is 0 Å². The number of allylic oxidation sites excluding steroid dienone is 1. The van der Waals surface area contributed by atoms with Crippen molar-refractivity contribution in [2.45, 2.75) is 31.8 Å². The highest BCUT2D eigenvalue weighted by atomic mass is 16.3. The van der Waals surface area contributed by atoms with Gasteiger partial charge in [0.05, 0.1) is 6.10 Å². The third kappa shape index (κ3) is 5.66. The van der Waals surface area contributed by atoms with Gasteiger partial charge in [0.15, 0.2) is 0 Å². The molecule has 0 aromatic heterocycles.